The van der Waals surface area contributed by atoms with E-state index in [4.69, 9.17) is 23.2 Å². The van der Waals surface area contributed by atoms with Gasteiger partial charge in [0.2, 0.25) is 0 Å². The molecule has 0 atom stereocenters. The Morgan fingerprint density at radius 1 is 1.41 bits per heavy atom. The lowest BCUT2D eigenvalue weighted by atomic mass is 10.2. The molecule has 1 heterocycles. The molecule has 0 bridgehead atoms. The number of anilines is 1. The maximum absolute atomic E-state index is 11.3. The molecule has 0 saturated carbocycles. The molecule has 96 valence electrons. The number of nitrogens with one attached hydrogen (secondary N) is 2. The number of halogens is 2. The van der Waals surface area contributed by atoms with E-state index in [1.54, 1.807) is 0 Å². The van der Waals surface area contributed by atoms with E-state index in [1.165, 1.54) is 6.20 Å². The fraction of sp³-hybridized carbons (Fsp3) is 0.667. The van der Waals surface area contributed by atoms with Crippen molar-refractivity contribution in [3.05, 3.63) is 6.20 Å². The fourth-order valence-electron chi connectivity index (χ4n) is 1.18. The molecule has 2 amide bonds. The molecule has 0 unspecified atom stereocenters. The molecule has 5 nitrogen and oxygen atoms in total. The van der Waals surface area contributed by atoms with Crippen molar-refractivity contribution in [1.29, 1.82) is 0 Å². The van der Waals surface area contributed by atoms with E-state index in [1.807, 2.05) is 0 Å². The minimum atomic E-state index is -0.287. The second-order valence-corrected chi connectivity index (χ2v) is 5.47. The molecule has 17 heavy (non-hydrogen) atoms. The molecule has 0 aliphatic heterocycles. The number of unbranched alkanes of at least 4 members (excludes halogenated alkanes) is 2. The number of carbonyl (C=O) groups excluding carboxylic acids is 1. The topological polar surface area (TPSA) is 66.9 Å². The molecular formula is C9H14Cl2N4OS. The Bertz CT molecular complexity index is 321. The first-order valence-corrected chi connectivity index (χ1v) is 6.93. The van der Waals surface area contributed by atoms with Crippen molar-refractivity contribution in [2.45, 2.75) is 30.5 Å². The summed E-state index contributed by atoms with van der Waals surface area (Å²) in [6, 6.07) is -0.233. The summed E-state index contributed by atoms with van der Waals surface area (Å²) in [4.78, 5) is 11.1. The van der Waals surface area contributed by atoms with Crippen molar-refractivity contribution in [3.63, 3.8) is 0 Å². The van der Waals surface area contributed by atoms with Gasteiger partial charge in [-0.3, -0.25) is 5.32 Å². The minimum Gasteiger partial charge on any atom is -0.338 e. The Kier molecular flexibility index (Phi) is 7.23. The number of nitrogens with zero attached hydrogens (tertiary/aromatic N) is 2. The Morgan fingerprint density at radius 3 is 2.88 bits per heavy atom. The molecule has 0 aliphatic carbocycles. The van der Waals surface area contributed by atoms with Crippen molar-refractivity contribution in [1.82, 2.24) is 14.9 Å². The number of urea groups is 1. The number of rotatable bonds is 7. The summed E-state index contributed by atoms with van der Waals surface area (Å²) in [5.74, 6) is 0. The van der Waals surface area contributed by atoms with Gasteiger partial charge < -0.3 is 5.32 Å². The van der Waals surface area contributed by atoms with Crippen LogP contribution in [0.4, 0.5) is 9.80 Å². The van der Waals surface area contributed by atoms with Crippen molar-refractivity contribution in [3.8, 4) is 0 Å². The van der Waals surface area contributed by atoms with Crippen LogP contribution in [0.2, 0.25) is 0 Å². The van der Waals surface area contributed by atoms with Gasteiger partial charge in [-0.25, -0.2) is 4.79 Å². The van der Waals surface area contributed by atoms with Gasteiger partial charge in [0.15, 0.2) is 0 Å². The highest BCUT2D eigenvalue weighted by Gasteiger charge is 2.02. The van der Waals surface area contributed by atoms with Crippen LogP contribution >= 0.6 is 34.7 Å². The van der Waals surface area contributed by atoms with E-state index < -0.39 is 0 Å². The molecule has 1 aromatic heterocycles. The number of aromatic nitrogens is 2. The van der Waals surface area contributed by atoms with Gasteiger partial charge in [-0.1, -0.05) is 17.3 Å². The molecule has 2 N–H and O–H groups in total. The summed E-state index contributed by atoms with van der Waals surface area (Å²) in [5, 5.41) is 9.62. The van der Waals surface area contributed by atoms with Crippen LogP contribution in [-0.4, -0.2) is 27.0 Å². The highest BCUT2D eigenvalue weighted by Crippen LogP contribution is 2.12. The SMILES string of the molecule is O=C(NCCCCCC(Cl)Cl)Nc1cnns1. The van der Waals surface area contributed by atoms with E-state index in [9.17, 15) is 4.79 Å². The molecular weight excluding hydrogens is 283 g/mol. The third-order valence-corrected chi connectivity index (χ3v) is 3.00. The van der Waals surface area contributed by atoms with E-state index in [0.29, 0.717) is 11.5 Å². The number of hydrogen-bond acceptors (Lipinski definition) is 4. The average molecular weight is 297 g/mol. The first kappa shape index (κ1) is 14.5. The lowest BCUT2D eigenvalue weighted by Gasteiger charge is -2.05. The zero-order valence-corrected chi connectivity index (χ0v) is 11.5. The summed E-state index contributed by atoms with van der Waals surface area (Å²) in [6.07, 6.45) is 5.18. The van der Waals surface area contributed by atoms with Crippen LogP contribution in [0.3, 0.4) is 0 Å². The van der Waals surface area contributed by atoms with Crippen molar-refractivity contribution >= 4 is 45.8 Å². The normalized spacial score (nSPS) is 10.5. The van der Waals surface area contributed by atoms with E-state index in [2.05, 4.69) is 20.2 Å². The van der Waals surface area contributed by atoms with E-state index in [0.717, 1.165) is 37.2 Å². The Labute approximate surface area is 114 Å². The van der Waals surface area contributed by atoms with Gasteiger partial charge >= 0.3 is 6.03 Å². The smallest absolute Gasteiger partial charge is 0.319 e. The van der Waals surface area contributed by atoms with E-state index in [-0.39, 0.29) is 10.9 Å². The van der Waals surface area contributed by atoms with Crippen LogP contribution < -0.4 is 10.6 Å². The maximum atomic E-state index is 11.3. The van der Waals surface area contributed by atoms with Crippen molar-refractivity contribution < 1.29 is 4.79 Å². The van der Waals surface area contributed by atoms with Gasteiger partial charge in [-0.15, -0.1) is 28.3 Å². The van der Waals surface area contributed by atoms with Crippen LogP contribution in [0.5, 0.6) is 0 Å². The molecule has 1 aromatic rings. The quantitative estimate of drug-likeness (QED) is 0.600. The predicted octanol–water partition coefficient (Wildman–Crippen LogP) is 3.02. The molecule has 0 spiro atoms. The standard InChI is InChI=1S/C9H14Cl2N4OS/c10-7(11)4-2-1-3-5-12-9(16)14-8-6-13-15-17-8/h6-7H,1-5H2,(H2,12,14,16). The average Bonchev–Trinajstić information content (AvgIpc) is 2.75. The number of alkyl halides is 2. The largest absolute Gasteiger partial charge is 0.338 e. The second-order valence-electron chi connectivity index (χ2n) is 3.40. The first-order valence-electron chi connectivity index (χ1n) is 5.29. The van der Waals surface area contributed by atoms with Crippen LogP contribution in [0.15, 0.2) is 6.20 Å². The summed E-state index contributed by atoms with van der Waals surface area (Å²) >= 11 is 12.3. The van der Waals surface area contributed by atoms with Crippen LogP contribution in [0.25, 0.3) is 0 Å². The first-order chi connectivity index (χ1) is 8.18. The molecule has 8 heteroatoms. The Hall–Kier alpha value is -0.590. The molecule has 0 fully saturated rings. The predicted molar refractivity (Wildman–Crippen MR) is 70.9 cm³/mol. The van der Waals surface area contributed by atoms with Gasteiger partial charge in [-0.2, -0.15) is 0 Å². The minimum absolute atomic E-state index is 0.233. The summed E-state index contributed by atoms with van der Waals surface area (Å²) in [5.41, 5.74) is 0. The second kappa shape index (κ2) is 8.49. The van der Waals surface area contributed by atoms with E-state index >= 15 is 0 Å². The summed E-state index contributed by atoms with van der Waals surface area (Å²) < 4.78 is 3.64. The number of amides is 2. The lowest BCUT2D eigenvalue weighted by molar-refractivity contribution is 0.252. The van der Waals surface area contributed by atoms with Crippen LogP contribution in [0, 0.1) is 0 Å². The van der Waals surface area contributed by atoms with Gasteiger partial charge in [0.25, 0.3) is 0 Å². The third-order valence-electron chi connectivity index (χ3n) is 1.98. The van der Waals surface area contributed by atoms with Gasteiger partial charge in [0.05, 0.1) is 6.20 Å². The van der Waals surface area contributed by atoms with Crippen LogP contribution in [-0.2, 0) is 0 Å². The summed E-state index contributed by atoms with van der Waals surface area (Å²) in [7, 11) is 0. The molecule has 0 aromatic carbocycles. The molecule has 0 aliphatic rings. The number of hydrogen-bond donors (Lipinski definition) is 2. The monoisotopic (exact) mass is 296 g/mol. The van der Waals surface area contributed by atoms with Crippen LogP contribution in [0.1, 0.15) is 25.7 Å². The number of carbonyl (C=O) groups is 1. The Balaban J connectivity index is 1.97. The highest BCUT2D eigenvalue weighted by molar-refractivity contribution is 7.10. The molecule has 0 saturated heterocycles. The fourth-order valence-corrected chi connectivity index (χ4v) is 1.90. The van der Waals surface area contributed by atoms with Gasteiger partial charge in [0.1, 0.15) is 9.84 Å². The molecule has 1 rings (SSSR count). The van der Waals surface area contributed by atoms with Crippen molar-refractivity contribution in [2.24, 2.45) is 0 Å². The maximum Gasteiger partial charge on any atom is 0.319 e. The zero-order valence-electron chi connectivity index (χ0n) is 9.16. The molecule has 0 radical (unpaired) electrons. The van der Waals surface area contributed by atoms with Gasteiger partial charge in [0, 0.05) is 18.1 Å². The zero-order chi connectivity index (χ0) is 12.5. The van der Waals surface area contributed by atoms with Gasteiger partial charge in [-0.05, 0) is 12.8 Å². The van der Waals surface area contributed by atoms with Crippen molar-refractivity contribution in [2.75, 3.05) is 11.9 Å². The summed E-state index contributed by atoms with van der Waals surface area (Å²) in [6.45, 7) is 0.632. The highest BCUT2D eigenvalue weighted by atomic mass is 35.5. The Morgan fingerprint density at radius 2 is 2.24 bits per heavy atom. The third kappa shape index (κ3) is 7.36. The lowest BCUT2D eigenvalue weighted by Crippen LogP contribution is -2.29.